The largest absolute Gasteiger partial charge is 0.489 e. The van der Waals surface area contributed by atoms with E-state index in [4.69, 9.17) is 4.74 Å². The van der Waals surface area contributed by atoms with Crippen molar-refractivity contribution in [3.63, 3.8) is 0 Å². The van der Waals surface area contributed by atoms with Gasteiger partial charge in [0.15, 0.2) is 0 Å². The lowest BCUT2D eigenvalue weighted by Crippen LogP contribution is -2.31. The minimum atomic E-state index is 0.271. The van der Waals surface area contributed by atoms with E-state index in [0.717, 1.165) is 46.8 Å². The van der Waals surface area contributed by atoms with Crippen LogP contribution in [0, 0.1) is 24.2 Å². The van der Waals surface area contributed by atoms with Gasteiger partial charge < -0.3 is 4.74 Å². The van der Waals surface area contributed by atoms with E-state index in [1.807, 2.05) is 37.5 Å². The molecule has 5 nitrogen and oxygen atoms in total. The van der Waals surface area contributed by atoms with Gasteiger partial charge in [0.05, 0.1) is 29.6 Å². The molecule has 0 unspecified atom stereocenters. The highest BCUT2D eigenvalue weighted by molar-refractivity contribution is 5.84. The van der Waals surface area contributed by atoms with Crippen LogP contribution in [0.3, 0.4) is 0 Å². The number of pyridine rings is 2. The molecule has 0 amide bonds. The normalized spacial score (nSPS) is 19.7. The molecule has 3 aromatic heterocycles. The van der Waals surface area contributed by atoms with Gasteiger partial charge in [-0.25, -0.2) is 4.52 Å². The maximum atomic E-state index is 9.38. The highest BCUT2D eigenvalue weighted by Gasteiger charge is 2.27. The molecule has 24 heavy (non-hydrogen) atoms. The summed E-state index contributed by atoms with van der Waals surface area (Å²) >= 11 is 0. The van der Waals surface area contributed by atoms with E-state index in [0.29, 0.717) is 5.56 Å². The summed E-state index contributed by atoms with van der Waals surface area (Å²) < 4.78 is 7.82. The third kappa shape index (κ3) is 2.50. The summed E-state index contributed by atoms with van der Waals surface area (Å²) in [7, 11) is 0. The Kier molecular flexibility index (Phi) is 3.46. The summed E-state index contributed by atoms with van der Waals surface area (Å²) in [5, 5.41) is 13.7. The highest BCUT2D eigenvalue weighted by Crippen LogP contribution is 2.34. The number of aryl methyl sites for hydroxylation is 1. The maximum Gasteiger partial charge on any atom is 0.138 e. The molecule has 0 aromatic carbocycles. The van der Waals surface area contributed by atoms with Crippen LogP contribution in [0.2, 0.25) is 0 Å². The Balaban J connectivity index is 1.83. The number of nitrogens with zero attached hydrogens (tertiary/aromatic N) is 4. The molecule has 1 saturated carbocycles. The van der Waals surface area contributed by atoms with Crippen molar-refractivity contribution in [2.45, 2.75) is 32.8 Å². The lowest BCUT2D eigenvalue weighted by Gasteiger charge is -2.32. The van der Waals surface area contributed by atoms with Crippen molar-refractivity contribution < 1.29 is 4.74 Å². The van der Waals surface area contributed by atoms with Crippen molar-refractivity contribution in [2.75, 3.05) is 0 Å². The van der Waals surface area contributed by atoms with Gasteiger partial charge in [-0.2, -0.15) is 10.4 Å². The van der Waals surface area contributed by atoms with E-state index in [9.17, 15) is 5.26 Å². The Morgan fingerprint density at radius 3 is 2.79 bits per heavy atom. The number of hydrogen-bond donors (Lipinski definition) is 0. The van der Waals surface area contributed by atoms with Gasteiger partial charge >= 0.3 is 0 Å². The first kappa shape index (κ1) is 14.7. The molecule has 1 fully saturated rings. The number of fused-ring (bicyclic) bond motifs is 1. The second-order valence-corrected chi connectivity index (χ2v) is 6.56. The molecule has 0 atom stereocenters. The van der Waals surface area contributed by atoms with E-state index in [1.165, 1.54) is 0 Å². The molecule has 4 rings (SSSR count). The second-order valence-electron chi connectivity index (χ2n) is 6.56. The van der Waals surface area contributed by atoms with Crippen LogP contribution in [0.25, 0.3) is 16.6 Å². The molecule has 5 heteroatoms. The average Bonchev–Trinajstić information content (AvgIpc) is 2.96. The molecule has 120 valence electrons. The summed E-state index contributed by atoms with van der Waals surface area (Å²) in [6.45, 7) is 4.19. The van der Waals surface area contributed by atoms with Crippen molar-refractivity contribution in [1.29, 1.82) is 5.26 Å². The Morgan fingerprint density at radius 2 is 2.12 bits per heavy atom. The fourth-order valence-corrected chi connectivity index (χ4v) is 3.21. The molecule has 3 heterocycles. The molecular formula is C19H18N4O. The van der Waals surface area contributed by atoms with E-state index >= 15 is 0 Å². The second kappa shape index (κ2) is 5.64. The standard InChI is InChI=1S/C19H18N4O/c1-12-5-16(6-12)24-17-7-18(14-4-3-13(2)21-9-14)19-15(8-20)10-22-23(19)11-17/h3-4,7,9-12,16H,5-6H2,1-2H3. The zero-order chi connectivity index (χ0) is 16.7. The predicted molar refractivity (Wildman–Crippen MR) is 90.7 cm³/mol. The monoisotopic (exact) mass is 318 g/mol. The first-order valence-corrected chi connectivity index (χ1v) is 8.15. The van der Waals surface area contributed by atoms with Crippen molar-refractivity contribution in [3.05, 3.63) is 48.0 Å². The zero-order valence-electron chi connectivity index (χ0n) is 13.7. The summed E-state index contributed by atoms with van der Waals surface area (Å²) in [5.41, 5.74) is 4.17. The molecule has 1 aliphatic rings. The highest BCUT2D eigenvalue weighted by atomic mass is 16.5. The van der Waals surface area contributed by atoms with Gasteiger partial charge in [-0.05, 0) is 37.8 Å². The minimum Gasteiger partial charge on any atom is -0.489 e. The third-order valence-corrected chi connectivity index (χ3v) is 4.56. The van der Waals surface area contributed by atoms with E-state index in [-0.39, 0.29) is 6.10 Å². The Labute approximate surface area is 140 Å². The van der Waals surface area contributed by atoms with Crippen LogP contribution < -0.4 is 4.74 Å². The van der Waals surface area contributed by atoms with Gasteiger partial charge in [-0.1, -0.05) is 13.0 Å². The van der Waals surface area contributed by atoms with Gasteiger partial charge in [-0.15, -0.1) is 0 Å². The molecule has 0 bridgehead atoms. The van der Waals surface area contributed by atoms with Crippen molar-refractivity contribution >= 4 is 5.52 Å². The van der Waals surface area contributed by atoms with Gasteiger partial charge in [0.25, 0.3) is 0 Å². The fraction of sp³-hybridized carbons (Fsp3) is 0.316. The maximum absolute atomic E-state index is 9.38. The van der Waals surface area contributed by atoms with Crippen LogP contribution >= 0.6 is 0 Å². The molecule has 3 aromatic rings. The number of aromatic nitrogens is 3. The number of hydrogen-bond acceptors (Lipinski definition) is 4. The van der Waals surface area contributed by atoms with Crippen molar-refractivity contribution in [2.24, 2.45) is 5.92 Å². The third-order valence-electron chi connectivity index (χ3n) is 4.56. The zero-order valence-corrected chi connectivity index (χ0v) is 13.7. The van der Waals surface area contributed by atoms with Crippen molar-refractivity contribution in [3.8, 4) is 22.9 Å². The van der Waals surface area contributed by atoms with Crippen LogP contribution in [0.15, 0.2) is 36.8 Å². The van der Waals surface area contributed by atoms with Crippen LogP contribution in [0.1, 0.15) is 31.0 Å². The topological polar surface area (TPSA) is 63.2 Å². The van der Waals surface area contributed by atoms with Gasteiger partial charge in [-0.3, -0.25) is 4.98 Å². The van der Waals surface area contributed by atoms with Gasteiger partial charge in [0.2, 0.25) is 0 Å². The van der Waals surface area contributed by atoms with E-state index < -0.39 is 0 Å². The molecule has 0 radical (unpaired) electrons. The summed E-state index contributed by atoms with van der Waals surface area (Å²) in [6, 6.07) is 8.19. The predicted octanol–water partition coefficient (Wildman–Crippen LogP) is 3.75. The molecule has 0 aliphatic heterocycles. The first-order valence-electron chi connectivity index (χ1n) is 8.15. The molecular weight excluding hydrogens is 300 g/mol. The average molecular weight is 318 g/mol. The van der Waals surface area contributed by atoms with Crippen molar-refractivity contribution in [1.82, 2.24) is 14.6 Å². The van der Waals surface area contributed by atoms with Crippen LogP contribution in [-0.2, 0) is 0 Å². The smallest absolute Gasteiger partial charge is 0.138 e. The fourth-order valence-electron chi connectivity index (χ4n) is 3.21. The van der Waals surface area contributed by atoms with Gasteiger partial charge in [0.1, 0.15) is 11.8 Å². The molecule has 0 spiro atoms. The summed E-state index contributed by atoms with van der Waals surface area (Å²) in [6.07, 6.45) is 7.71. The Bertz CT molecular complexity index is 930. The lowest BCUT2D eigenvalue weighted by atomic mass is 9.84. The Morgan fingerprint density at radius 1 is 1.29 bits per heavy atom. The Hall–Kier alpha value is -2.87. The summed E-state index contributed by atoms with van der Waals surface area (Å²) in [4.78, 5) is 4.38. The number of nitriles is 1. The van der Waals surface area contributed by atoms with Gasteiger partial charge in [0, 0.05) is 23.0 Å². The van der Waals surface area contributed by atoms with E-state index in [2.05, 4.69) is 23.1 Å². The molecule has 1 aliphatic carbocycles. The quantitative estimate of drug-likeness (QED) is 0.737. The lowest BCUT2D eigenvalue weighted by molar-refractivity contribution is 0.0734. The van der Waals surface area contributed by atoms with Crippen LogP contribution in [0.5, 0.6) is 5.75 Å². The minimum absolute atomic E-state index is 0.271. The summed E-state index contributed by atoms with van der Waals surface area (Å²) in [5.74, 6) is 1.51. The first-order chi connectivity index (χ1) is 11.6. The molecule has 0 N–H and O–H groups in total. The van der Waals surface area contributed by atoms with E-state index in [1.54, 1.807) is 10.7 Å². The molecule has 0 saturated heterocycles. The SMILES string of the molecule is Cc1ccc(-c2cc(OC3CC(C)C3)cn3ncc(C#N)c23)cn1. The number of rotatable bonds is 3. The van der Waals surface area contributed by atoms with Crippen LogP contribution in [-0.4, -0.2) is 20.7 Å². The van der Waals surface area contributed by atoms with Crippen LogP contribution in [0.4, 0.5) is 0 Å². The number of ether oxygens (including phenoxy) is 1.